The fraction of sp³-hybridized carbons (Fsp3) is 0.500. The number of methoxy groups -OCH3 is 1. The maximum Gasteiger partial charge on any atom is 0.233 e. The lowest BCUT2D eigenvalue weighted by atomic mass is 9.86. The third-order valence-corrected chi connectivity index (χ3v) is 3.40. The SMILES string of the molecule is COc1ccc(CCNC(=O)C2(CO)COC2)cc1. The summed E-state index contributed by atoms with van der Waals surface area (Å²) in [5, 5.41) is 12.1. The molecule has 0 atom stereocenters. The highest BCUT2D eigenvalue weighted by molar-refractivity contribution is 5.83. The van der Waals surface area contributed by atoms with Gasteiger partial charge in [0.1, 0.15) is 11.2 Å². The van der Waals surface area contributed by atoms with Crippen LogP contribution in [0.5, 0.6) is 5.75 Å². The van der Waals surface area contributed by atoms with Gasteiger partial charge >= 0.3 is 0 Å². The van der Waals surface area contributed by atoms with Crippen molar-refractivity contribution < 1.29 is 19.4 Å². The maximum absolute atomic E-state index is 11.9. The molecule has 0 unspecified atom stereocenters. The number of aliphatic hydroxyl groups is 1. The van der Waals surface area contributed by atoms with Crippen LogP contribution in [0.25, 0.3) is 0 Å². The Bertz CT molecular complexity index is 420. The average Bonchev–Trinajstić information content (AvgIpc) is 2.39. The number of hydrogen-bond donors (Lipinski definition) is 2. The molecule has 0 spiro atoms. The second-order valence-electron chi connectivity index (χ2n) is 4.79. The van der Waals surface area contributed by atoms with E-state index < -0.39 is 5.41 Å². The van der Waals surface area contributed by atoms with E-state index >= 15 is 0 Å². The molecule has 104 valence electrons. The van der Waals surface area contributed by atoms with Crippen LogP contribution in [-0.4, -0.2) is 44.5 Å². The van der Waals surface area contributed by atoms with Crippen molar-refractivity contribution in [3.05, 3.63) is 29.8 Å². The van der Waals surface area contributed by atoms with Gasteiger partial charge in [0.05, 0.1) is 26.9 Å². The van der Waals surface area contributed by atoms with Gasteiger partial charge < -0.3 is 19.9 Å². The number of benzene rings is 1. The van der Waals surface area contributed by atoms with Crippen LogP contribution < -0.4 is 10.1 Å². The number of hydrogen-bond acceptors (Lipinski definition) is 4. The molecule has 1 aromatic rings. The Morgan fingerprint density at radius 1 is 1.42 bits per heavy atom. The first-order valence-corrected chi connectivity index (χ1v) is 6.30. The molecule has 1 aromatic carbocycles. The van der Waals surface area contributed by atoms with Crippen LogP contribution in [0.4, 0.5) is 0 Å². The van der Waals surface area contributed by atoms with E-state index in [0.29, 0.717) is 19.8 Å². The van der Waals surface area contributed by atoms with Crippen molar-refractivity contribution >= 4 is 5.91 Å². The molecule has 5 heteroatoms. The molecule has 5 nitrogen and oxygen atoms in total. The van der Waals surface area contributed by atoms with Crippen molar-refractivity contribution in [2.24, 2.45) is 5.41 Å². The van der Waals surface area contributed by atoms with E-state index in [2.05, 4.69) is 5.32 Å². The van der Waals surface area contributed by atoms with Crippen molar-refractivity contribution in [2.45, 2.75) is 6.42 Å². The van der Waals surface area contributed by atoms with Crippen molar-refractivity contribution in [3.8, 4) is 5.75 Å². The van der Waals surface area contributed by atoms with Gasteiger partial charge in [-0.2, -0.15) is 0 Å². The monoisotopic (exact) mass is 265 g/mol. The summed E-state index contributed by atoms with van der Waals surface area (Å²) in [5.74, 6) is 0.688. The van der Waals surface area contributed by atoms with E-state index in [9.17, 15) is 9.90 Å². The zero-order valence-electron chi connectivity index (χ0n) is 11.0. The Labute approximate surface area is 112 Å². The van der Waals surface area contributed by atoms with E-state index in [-0.39, 0.29) is 12.5 Å². The average molecular weight is 265 g/mol. The molecule has 1 aliphatic heterocycles. The molecule has 1 amide bonds. The zero-order chi connectivity index (χ0) is 13.7. The van der Waals surface area contributed by atoms with Crippen molar-refractivity contribution in [1.29, 1.82) is 0 Å². The molecular weight excluding hydrogens is 246 g/mol. The molecular formula is C14H19NO4. The molecule has 0 bridgehead atoms. The summed E-state index contributed by atoms with van der Waals surface area (Å²) in [7, 11) is 1.63. The van der Waals surface area contributed by atoms with Gasteiger partial charge in [0.25, 0.3) is 0 Å². The minimum atomic E-state index is -0.722. The van der Waals surface area contributed by atoms with Crippen LogP contribution in [0.1, 0.15) is 5.56 Å². The first kappa shape index (κ1) is 13.8. The van der Waals surface area contributed by atoms with Gasteiger partial charge in [-0.15, -0.1) is 0 Å². The number of aliphatic hydroxyl groups excluding tert-OH is 1. The number of ether oxygens (including phenoxy) is 2. The standard InChI is InChI=1S/C14H19NO4/c1-18-12-4-2-11(3-5-12)6-7-15-13(17)14(8-16)9-19-10-14/h2-5,16H,6-10H2,1H3,(H,15,17). The summed E-state index contributed by atoms with van der Waals surface area (Å²) >= 11 is 0. The minimum Gasteiger partial charge on any atom is -0.497 e. The van der Waals surface area contributed by atoms with E-state index in [1.807, 2.05) is 24.3 Å². The lowest BCUT2D eigenvalue weighted by Gasteiger charge is -2.38. The van der Waals surface area contributed by atoms with E-state index in [0.717, 1.165) is 17.7 Å². The van der Waals surface area contributed by atoms with Gasteiger partial charge in [-0.05, 0) is 24.1 Å². The van der Waals surface area contributed by atoms with Crippen LogP contribution in [0.3, 0.4) is 0 Å². The molecule has 1 fully saturated rings. The van der Waals surface area contributed by atoms with Crippen molar-refractivity contribution in [1.82, 2.24) is 5.32 Å². The fourth-order valence-corrected chi connectivity index (χ4v) is 1.94. The molecule has 2 N–H and O–H groups in total. The van der Waals surface area contributed by atoms with Gasteiger partial charge in [-0.3, -0.25) is 4.79 Å². The summed E-state index contributed by atoms with van der Waals surface area (Å²) in [5.41, 5.74) is 0.406. The second kappa shape index (κ2) is 6.04. The minimum absolute atomic E-state index is 0.130. The zero-order valence-corrected chi connectivity index (χ0v) is 11.0. The smallest absolute Gasteiger partial charge is 0.233 e. The molecule has 0 radical (unpaired) electrons. The lowest BCUT2D eigenvalue weighted by Crippen LogP contribution is -2.56. The topological polar surface area (TPSA) is 67.8 Å². The Balaban J connectivity index is 1.78. The molecule has 1 heterocycles. The Morgan fingerprint density at radius 3 is 2.58 bits per heavy atom. The highest BCUT2D eigenvalue weighted by Crippen LogP contribution is 2.26. The van der Waals surface area contributed by atoms with Crippen LogP contribution in [0.15, 0.2) is 24.3 Å². The van der Waals surface area contributed by atoms with Gasteiger partial charge in [0.15, 0.2) is 0 Å². The van der Waals surface area contributed by atoms with Crippen molar-refractivity contribution in [3.63, 3.8) is 0 Å². The van der Waals surface area contributed by atoms with E-state index in [1.165, 1.54) is 0 Å². The fourth-order valence-electron chi connectivity index (χ4n) is 1.94. The molecule has 2 rings (SSSR count). The molecule has 1 saturated heterocycles. The van der Waals surface area contributed by atoms with Gasteiger partial charge in [-0.25, -0.2) is 0 Å². The largest absolute Gasteiger partial charge is 0.497 e. The summed E-state index contributed by atoms with van der Waals surface area (Å²) in [6.45, 7) is 0.990. The molecule has 19 heavy (non-hydrogen) atoms. The molecule has 0 aromatic heterocycles. The molecule has 1 aliphatic rings. The summed E-state index contributed by atoms with van der Waals surface area (Å²) in [6.07, 6.45) is 0.748. The normalized spacial score (nSPS) is 16.5. The van der Waals surface area contributed by atoms with Crippen LogP contribution >= 0.6 is 0 Å². The molecule has 0 saturated carbocycles. The second-order valence-corrected chi connectivity index (χ2v) is 4.79. The Hall–Kier alpha value is -1.59. The van der Waals surface area contributed by atoms with E-state index in [1.54, 1.807) is 7.11 Å². The maximum atomic E-state index is 11.9. The Kier molecular flexibility index (Phi) is 4.39. The number of carbonyl (C=O) groups is 1. The van der Waals surface area contributed by atoms with Crippen LogP contribution in [0.2, 0.25) is 0 Å². The van der Waals surface area contributed by atoms with E-state index in [4.69, 9.17) is 9.47 Å². The lowest BCUT2D eigenvalue weighted by molar-refractivity contribution is -0.169. The van der Waals surface area contributed by atoms with Gasteiger partial charge in [-0.1, -0.05) is 12.1 Å². The number of carbonyl (C=O) groups excluding carboxylic acids is 1. The summed E-state index contributed by atoms with van der Waals surface area (Å²) < 4.78 is 10.1. The third kappa shape index (κ3) is 3.05. The predicted octanol–water partition coefficient (Wildman–Crippen LogP) is 0.363. The summed E-state index contributed by atoms with van der Waals surface area (Å²) in [6, 6.07) is 7.73. The Morgan fingerprint density at radius 2 is 2.11 bits per heavy atom. The highest BCUT2D eigenvalue weighted by atomic mass is 16.5. The van der Waals surface area contributed by atoms with Crippen LogP contribution in [0, 0.1) is 5.41 Å². The predicted molar refractivity (Wildman–Crippen MR) is 70.0 cm³/mol. The highest BCUT2D eigenvalue weighted by Gasteiger charge is 2.45. The van der Waals surface area contributed by atoms with Crippen LogP contribution in [-0.2, 0) is 16.0 Å². The first-order valence-electron chi connectivity index (χ1n) is 6.30. The number of amides is 1. The summed E-state index contributed by atoms with van der Waals surface area (Å²) in [4.78, 5) is 11.9. The first-order chi connectivity index (χ1) is 9.20. The van der Waals surface area contributed by atoms with Crippen molar-refractivity contribution in [2.75, 3.05) is 33.5 Å². The van der Waals surface area contributed by atoms with Gasteiger partial charge in [0.2, 0.25) is 5.91 Å². The quantitative estimate of drug-likeness (QED) is 0.779. The third-order valence-electron chi connectivity index (χ3n) is 3.40. The van der Waals surface area contributed by atoms with Gasteiger partial charge in [0, 0.05) is 6.54 Å². The molecule has 0 aliphatic carbocycles. The number of rotatable bonds is 6. The number of nitrogens with one attached hydrogen (secondary N) is 1.